The standard InChI is InChI=1S/C20H18N4O2S.C2HF3O2/c25-18(22-15-7-4-10-21-13-15)19-23-16-8-11-24(12-9-17(16)27-19)20(26)14-5-2-1-3-6-14;3-2(4,5)1(6)7/h1-7,10,13H,8-9,11-12H2,(H,22,25);(H,6,7). The highest BCUT2D eigenvalue weighted by molar-refractivity contribution is 7.13. The van der Waals surface area contributed by atoms with E-state index < -0.39 is 12.1 Å². The van der Waals surface area contributed by atoms with Gasteiger partial charge in [0.15, 0.2) is 5.01 Å². The number of rotatable bonds is 3. The molecule has 0 unspecified atom stereocenters. The van der Waals surface area contributed by atoms with Gasteiger partial charge in [-0.3, -0.25) is 14.6 Å². The zero-order valence-corrected chi connectivity index (χ0v) is 18.4. The molecular formula is C22H19F3N4O4S. The molecule has 3 heterocycles. The monoisotopic (exact) mass is 492 g/mol. The zero-order valence-electron chi connectivity index (χ0n) is 17.6. The fourth-order valence-electron chi connectivity index (χ4n) is 3.05. The molecule has 2 aromatic heterocycles. The van der Waals surface area contributed by atoms with Gasteiger partial charge in [-0.25, -0.2) is 9.78 Å². The summed E-state index contributed by atoms with van der Waals surface area (Å²) in [6.45, 7) is 1.24. The Balaban J connectivity index is 0.000000406. The van der Waals surface area contributed by atoms with E-state index in [-0.39, 0.29) is 11.8 Å². The Kier molecular flexibility index (Phi) is 7.95. The smallest absolute Gasteiger partial charge is 0.475 e. The summed E-state index contributed by atoms with van der Waals surface area (Å²) in [6, 6.07) is 12.9. The van der Waals surface area contributed by atoms with Gasteiger partial charge >= 0.3 is 12.1 Å². The molecule has 12 heteroatoms. The van der Waals surface area contributed by atoms with Crippen LogP contribution in [-0.4, -0.2) is 57.0 Å². The number of anilines is 1. The first kappa shape index (κ1) is 24.8. The summed E-state index contributed by atoms with van der Waals surface area (Å²) in [5.41, 5.74) is 2.26. The van der Waals surface area contributed by atoms with Crippen LogP contribution in [0.15, 0.2) is 54.9 Å². The Morgan fingerprint density at radius 1 is 1.03 bits per heavy atom. The van der Waals surface area contributed by atoms with Crippen molar-refractivity contribution in [3.63, 3.8) is 0 Å². The largest absolute Gasteiger partial charge is 0.490 e. The number of nitrogens with zero attached hydrogens (tertiary/aromatic N) is 3. The van der Waals surface area contributed by atoms with Gasteiger partial charge < -0.3 is 15.3 Å². The molecule has 0 aliphatic carbocycles. The molecule has 2 amide bonds. The molecule has 0 spiro atoms. The summed E-state index contributed by atoms with van der Waals surface area (Å²) in [4.78, 5) is 45.4. The summed E-state index contributed by atoms with van der Waals surface area (Å²) in [5, 5.41) is 10.4. The van der Waals surface area contributed by atoms with Gasteiger partial charge in [-0.2, -0.15) is 13.2 Å². The molecule has 1 aromatic carbocycles. The lowest BCUT2D eigenvalue weighted by Crippen LogP contribution is -2.33. The van der Waals surface area contributed by atoms with Crippen molar-refractivity contribution in [2.75, 3.05) is 18.4 Å². The number of halogens is 3. The second-order valence-electron chi connectivity index (χ2n) is 7.05. The van der Waals surface area contributed by atoms with Crippen LogP contribution >= 0.6 is 11.3 Å². The summed E-state index contributed by atoms with van der Waals surface area (Å²) in [6.07, 6.45) is -0.455. The van der Waals surface area contributed by atoms with E-state index in [4.69, 9.17) is 9.90 Å². The Hall–Kier alpha value is -3.80. The molecule has 0 fully saturated rings. The molecular weight excluding hydrogens is 473 g/mol. The number of thiazole rings is 1. The number of amides is 2. The molecule has 0 saturated heterocycles. The van der Waals surface area contributed by atoms with Crippen LogP contribution in [0, 0.1) is 0 Å². The quantitative estimate of drug-likeness (QED) is 0.577. The summed E-state index contributed by atoms with van der Waals surface area (Å²) >= 11 is 1.40. The second kappa shape index (κ2) is 10.9. The van der Waals surface area contributed by atoms with Crippen LogP contribution in [0.4, 0.5) is 18.9 Å². The van der Waals surface area contributed by atoms with Gasteiger partial charge in [-0.15, -0.1) is 11.3 Å². The fourth-order valence-corrected chi connectivity index (χ4v) is 4.04. The molecule has 0 atom stereocenters. The Labute approximate surface area is 196 Å². The van der Waals surface area contributed by atoms with E-state index in [9.17, 15) is 22.8 Å². The third-order valence-corrected chi connectivity index (χ3v) is 5.83. The molecule has 1 aliphatic heterocycles. The van der Waals surface area contributed by atoms with Crippen molar-refractivity contribution in [2.24, 2.45) is 0 Å². The number of carbonyl (C=O) groups is 3. The number of benzene rings is 1. The van der Waals surface area contributed by atoms with Gasteiger partial charge in [-0.05, 0) is 24.3 Å². The van der Waals surface area contributed by atoms with Crippen LogP contribution in [0.2, 0.25) is 0 Å². The highest BCUT2D eigenvalue weighted by atomic mass is 32.1. The second-order valence-corrected chi connectivity index (χ2v) is 8.13. The van der Waals surface area contributed by atoms with E-state index in [0.717, 1.165) is 10.6 Å². The molecule has 0 saturated carbocycles. The van der Waals surface area contributed by atoms with Gasteiger partial charge in [0.25, 0.3) is 11.8 Å². The first-order chi connectivity index (χ1) is 16.1. The van der Waals surface area contributed by atoms with Crippen molar-refractivity contribution in [2.45, 2.75) is 19.0 Å². The normalized spacial score (nSPS) is 13.1. The Bertz CT molecular complexity index is 1130. The minimum atomic E-state index is -5.08. The highest BCUT2D eigenvalue weighted by Gasteiger charge is 2.38. The van der Waals surface area contributed by atoms with E-state index in [1.165, 1.54) is 11.3 Å². The van der Waals surface area contributed by atoms with E-state index in [1.54, 1.807) is 24.5 Å². The molecule has 34 heavy (non-hydrogen) atoms. The third kappa shape index (κ3) is 6.61. The van der Waals surface area contributed by atoms with E-state index >= 15 is 0 Å². The van der Waals surface area contributed by atoms with Gasteiger partial charge in [0.1, 0.15) is 0 Å². The number of aromatic nitrogens is 2. The molecule has 3 aromatic rings. The minimum Gasteiger partial charge on any atom is -0.475 e. The van der Waals surface area contributed by atoms with Gasteiger partial charge in [0.05, 0.1) is 17.6 Å². The number of alkyl halides is 3. The topological polar surface area (TPSA) is 112 Å². The van der Waals surface area contributed by atoms with Crippen molar-refractivity contribution in [3.8, 4) is 0 Å². The summed E-state index contributed by atoms with van der Waals surface area (Å²) < 4.78 is 31.7. The molecule has 0 bridgehead atoms. The average molecular weight is 492 g/mol. The highest BCUT2D eigenvalue weighted by Crippen LogP contribution is 2.24. The van der Waals surface area contributed by atoms with Gasteiger partial charge in [0, 0.05) is 42.6 Å². The molecule has 1 aliphatic rings. The van der Waals surface area contributed by atoms with Crippen molar-refractivity contribution >= 4 is 34.8 Å². The summed E-state index contributed by atoms with van der Waals surface area (Å²) in [7, 11) is 0. The Morgan fingerprint density at radius 2 is 1.71 bits per heavy atom. The van der Waals surface area contributed by atoms with Crippen LogP contribution in [0.25, 0.3) is 0 Å². The first-order valence-electron chi connectivity index (χ1n) is 9.99. The van der Waals surface area contributed by atoms with E-state index in [0.29, 0.717) is 42.2 Å². The van der Waals surface area contributed by atoms with Crippen LogP contribution < -0.4 is 5.32 Å². The van der Waals surface area contributed by atoms with E-state index in [1.807, 2.05) is 35.2 Å². The SMILES string of the molecule is O=C(Nc1cccnc1)c1nc2c(s1)CCN(C(=O)c1ccccc1)CC2.O=C(O)C(F)(F)F. The van der Waals surface area contributed by atoms with Crippen molar-refractivity contribution < 1.29 is 32.7 Å². The zero-order chi connectivity index (χ0) is 24.7. The summed E-state index contributed by atoms with van der Waals surface area (Å²) in [5.74, 6) is -2.94. The maximum atomic E-state index is 12.6. The number of hydrogen-bond donors (Lipinski definition) is 2. The van der Waals surface area contributed by atoms with Crippen molar-refractivity contribution in [3.05, 3.63) is 76.0 Å². The van der Waals surface area contributed by atoms with Crippen molar-refractivity contribution in [1.29, 1.82) is 0 Å². The minimum absolute atomic E-state index is 0.0419. The van der Waals surface area contributed by atoms with Crippen molar-refractivity contribution in [1.82, 2.24) is 14.9 Å². The number of pyridine rings is 1. The predicted molar refractivity (Wildman–Crippen MR) is 118 cm³/mol. The number of carboxylic acids is 1. The maximum absolute atomic E-state index is 12.6. The molecule has 4 rings (SSSR count). The molecule has 2 N–H and O–H groups in total. The molecule has 8 nitrogen and oxygen atoms in total. The number of aliphatic carboxylic acids is 1. The number of fused-ring (bicyclic) bond motifs is 1. The van der Waals surface area contributed by atoms with Crippen LogP contribution in [0.3, 0.4) is 0 Å². The lowest BCUT2D eigenvalue weighted by atomic mass is 10.2. The van der Waals surface area contributed by atoms with E-state index in [2.05, 4.69) is 15.3 Å². The number of nitrogens with one attached hydrogen (secondary N) is 1. The fraction of sp³-hybridized carbons (Fsp3) is 0.227. The number of carbonyl (C=O) groups excluding carboxylic acids is 2. The Morgan fingerprint density at radius 3 is 2.32 bits per heavy atom. The first-order valence-corrected chi connectivity index (χ1v) is 10.8. The lowest BCUT2D eigenvalue weighted by Gasteiger charge is -2.20. The average Bonchev–Trinajstić information content (AvgIpc) is 3.13. The number of carboxylic acid groups (broad SMARTS) is 1. The molecule has 0 radical (unpaired) electrons. The predicted octanol–water partition coefficient (Wildman–Crippen LogP) is 3.66. The van der Waals surface area contributed by atoms with Gasteiger partial charge in [-0.1, -0.05) is 18.2 Å². The van der Waals surface area contributed by atoms with Gasteiger partial charge in [0.2, 0.25) is 0 Å². The lowest BCUT2D eigenvalue weighted by molar-refractivity contribution is -0.192. The third-order valence-electron chi connectivity index (χ3n) is 4.67. The maximum Gasteiger partial charge on any atom is 0.490 e. The molecule has 178 valence electrons. The van der Waals surface area contributed by atoms with Crippen LogP contribution in [-0.2, 0) is 17.6 Å². The van der Waals surface area contributed by atoms with Crippen LogP contribution in [0.1, 0.15) is 30.7 Å². The number of hydrogen-bond acceptors (Lipinski definition) is 6. The van der Waals surface area contributed by atoms with Crippen LogP contribution in [0.5, 0.6) is 0 Å².